The number of benzene rings is 6. The van der Waals surface area contributed by atoms with Crippen molar-refractivity contribution in [2.24, 2.45) is 23.7 Å². The number of hydrogen-bond donors (Lipinski definition) is 0. The Hall–Kier alpha value is -4.88. The average molecular weight is 686 g/mol. The Morgan fingerprint density at radius 2 is 1.13 bits per heavy atom. The first kappa shape index (κ1) is 30.6. The molecule has 260 valence electrons. The van der Waals surface area contributed by atoms with Gasteiger partial charge in [0, 0.05) is 27.8 Å². The summed E-state index contributed by atoms with van der Waals surface area (Å²) in [7, 11) is 0. The van der Waals surface area contributed by atoms with E-state index in [1.807, 2.05) is 0 Å². The van der Waals surface area contributed by atoms with Crippen LogP contribution in [0.2, 0.25) is 0 Å². The van der Waals surface area contributed by atoms with Crippen molar-refractivity contribution in [1.82, 2.24) is 0 Å². The second-order valence-electron chi connectivity index (χ2n) is 17.6. The molecular formula is C52H47N. The zero-order valence-corrected chi connectivity index (χ0v) is 30.6. The first-order valence-corrected chi connectivity index (χ1v) is 20.7. The summed E-state index contributed by atoms with van der Waals surface area (Å²) >= 11 is 0. The van der Waals surface area contributed by atoms with E-state index < -0.39 is 0 Å². The molecule has 7 aliphatic carbocycles. The number of fused-ring (bicyclic) bond motifs is 9. The summed E-state index contributed by atoms with van der Waals surface area (Å²) in [4.78, 5) is 2.63. The van der Waals surface area contributed by atoms with Crippen LogP contribution in [-0.4, -0.2) is 0 Å². The van der Waals surface area contributed by atoms with E-state index in [0.29, 0.717) is 0 Å². The fourth-order valence-corrected chi connectivity index (χ4v) is 13.5. The van der Waals surface area contributed by atoms with Gasteiger partial charge < -0.3 is 4.90 Å². The quantitative estimate of drug-likeness (QED) is 0.179. The number of nitrogens with zero attached hydrogens (tertiary/aromatic N) is 1. The second kappa shape index (κ2) is 11.3. The maximum absolute atomic E-state index is 2.63. The highest BCUT2D eigenvalue weighted by Crippen LogP contribution is 2.69. The lowest BCUT2D eigenvalue weighted by Crippen LogP contribution is -2.48. The normalized spacial score (nSPS) is 26.3. The van der Waals surface area contributed by atoms with Crippen molar-refractivity contribution in [2.75, 3.05) is 4.90 Å². The van der Waals surface area contributed by atoms with Crippen LogP contribution in [0.25, 0.3) is 33.4 Å². The SMILES string of the molecule is c1ccc(-c2cccc(N(c3ccc4c(c3)-c3ccccc3C43CCCC3)c3cccc4c3-c3ccccc3C43C4CCC5CC(C4)CC3C5)c2)cc1. The standard InChI is InChI=1S/C52H47N/c1-2-12-36(13-3-1)37-14-10-15-40(32-37)53(41-24-25-46-44(33-41)42-16-4-6-18-45(42)51(46)26-8-9-27-51)49-21-11-20-48-50(49)43-17-5-7-19-47(43)52(48)38-23-22-34-28-35(30-38)31-39(52)29-34/h1-7,10-21,24-25,32-35,38-39H,8-9,22-23,26-31H2. The van der Waals surface area contributed by atoms with Gasteiger partial charge in [-0.05, 0) is 149 Å². The first-order valence-electron chi connectivity index (χ1n) is 20.7. The van der Waals surface area contributed by atoms with Gasteiger partial charge in [0.25, 0.3) is 0 Å². The van der Waals surface area contributed by atoms with E-state index in [0.717, 1.165) is 23.7 Å². The second-order valence-corrected chi connectivity index (χ2v) is 17.6. The van der Waals surface area contributed by atoms with Gasteiger partial charge in [0.2, 0.25) is 0 Å². The predicted molar refractivity (Wildman–Crippen MR) is 219 cm³/mol. The van der Waals surface area contributed by atoms with Crippen LogP contribution in [0.1, 0.15) is 86.5 Å². The van der Waals surface area contributed by atoms with Crippen molar-refractivity contribution in [2.45, 2.75) is 75.0 Å². The van der Waals surface area contributed by atoms with E-state index >= 15 is 0 Å². The maximum atomic E-state index is 2.63. The lowest BCUT2D eigenvalue weighted by atomic mass is 9.51. The highest BCUT2D eigenvalue weighted by Gasteiger charge is 2.60. The summed E-state index contributed by atoms with van der Waals surface area (Å²) in [5.74, 6) is 3.30. The molecule has 0 radical (unpaired) electrons. The van der Waals surface area contributed by atoms with Crippen molar-refractivity contribution in [3.05, 3.63) is 162 Å². The van der Waals surface area contributed by atoms with Crippen molar-refractivity contribution >= 4 is 17.1 Å². The smallest absolute Gasteiger partial charge is 0.0543 e. The van der Waals surface area contributed by atoms with Crippen molar-refractivity contribution in [3.8, 4) is 33.4 Å². The van der Waals surface area contributed by atoms with Crippen LogP contribution in [0, 0.1) is 23.7 Å². The molecule has 0 heterocycles. The van der Waals surface area contributed by atoms with E-state index in [-0.39, 0.29) is 10.8 Å². The monoisotopic (exact) mass is 685 g/mol. The Morgan fingerprint density at radius 3 is 2.02 bits per heavy atom. The van der Waals surface area contributed by atoms with Gasteiger partial charge in [0.15, 0.2) is 0 Å². The Balaban J connectivity index is 1.11. The van der Waals surface area contributed by atoms with E-state index in [1.54, 1.807) is 22.3 Å². The van der Waals surface area contributed by atoms with Gasteiger partial charge in [0.05, 0.1) is 5.69 Å². The van der Waals surface area contributed by atoms with Crippen LogP contribution in [-0.2, 0) is 10.8 Å². The largest absolute Gasteiger partial charge is 0.310 e. The molecule has 6 aromatic rings. The van der Waals surface area contributed by atoms with Crippen LogP contribution in [0.15, 0.2) is 140 Å². The third kappa shape index (κ3) is 4.15. The summed E-state index contributed by atoms with van der Waals surface area (Å²) < 4.78 is 0. The molecule has 13 rings (SSSR count). The van der Waals surface area contributed by atoms with Crippen molar-refractivity contribution in [1.29, 1.82) is 0 Å². The minimum Gasteiger partial charge on any atom is -0.310 e. The van der Waals surface area contributed by atoms with Gasteiger partial charge in [0.1, 0.15) is 0 Å². The summed E-state index contributed by atoms with van der Waals surface area (Å²) in [5, 5.41) is 0. The van der Waals surface area contributed by atoms with E-state index in [2.05, 4.69) is 144 Å². The lowest BCUT2D eigenvalue weighted by molar-refractivity contribution is 0.0618. The predicted octanol–water partition coefficient (Wildman–Crippen LogP) is 13.8. The van der Waals surface area contributed by atoms with Gasteiger partial charge in [-0.3, -0.25) is 0 Å². The summed E-state index contributed by atoms with van der Waals surface area (Å²) in [5.41, 5.74) is 18.8. The molecule has 0 saturated heterocycles. The van der Waals surface area contributed by atoms with Crippen molar-refractivity contribution < 1.29 is 0 Å². The average Bonchev–Trinajstić information content (AvgIpc) is 3.85. The van der Waals surface area contributed by atoms with Gasteiger partial charge in [-0.2, -0.15) is 0 Å². The van der Waals surface area contributed by atoms with Crippen LogP contribution >= 0.6 is 0 Å². The van der Waals surface area contributed by atoms with Crippen LogP contribution < -0.4 is 4.90 Å². The maximum Gasteiger partial charge on any atom is 0.0543 e. The zero-order valence-electron chi connectivity index (χ0n) is 30.6. The Kier molecular flexibility index (Phi) is 6.53. The summed E-state index contributed by atoms with van der Waals surface area (Å²) in [6.07, 6.45) is 13.6. The van der Waals surface area contributed by atoms with E-state index in [4.69, 9.17) is 0 Å². The van der Waals surface area contributed by atoms with E-state index in [1.165, 1.54) is 115 Å². The molecule has 5 unspecified atom stereocenters. The Bertz CT molecular complexity index is 2400. The molecule has 2 spiro atoms. The molecule has 53 heavy (non-hydrogen) atoms. The molecule has 7 aliphatic rings. The van der Waals surface area contributed by atoms with Gasteiger partial charge in [-0.1, -0.05) is 128 Å². The molecule has 5 fully saturated rings. The number of hydrogen-bond acceptors (Lipinski definition) is 1. The molecule has 1 nitrogen and oxygen atoms in total. The highest BCUT2D eigenvalue weighted by atomic mass is 15.1. The third-order valence-corrected chi connectivity index (χ3v) is 15.3. The molecule has 1 heteroatoms. The fraction of sp³-hybridized carbons (Fsp3) is 0.308. The molecule has 0 aromatic heterocycles. The van der Waals surface area contributed by atoms with Crippen LogP contribution in [0.4, 0.5) is 17.1 Å². The first-order chi connectivity index (χ1) is 26.2. The molecule has 5 saturated carbocycles. The summed E-state index contributed by atoms with van der Waals surface area (Å²) in [6.45, 7) is 0. The van der Waals surface area contributed by atoms with Crippen LogP contribution in [0.3, 0.4) is 0 Å². The Labute approximate surface area is 314 Å². The molecule has 0 aliphatic heterocycles. The lowest BCUT2D eigenvalue weighted by Gasteiger charge is -2.53. The fourth-order valence-electron chi connectivity index (χ4n) is 13.5. The molecule has 0 N–H and O–H groups in total. The van der Waals surface area contributed by atoms with Gasteiger partial charge >= 0.3 is 0 Å². The van der Waals surface area contributed by atoms with Gasteiger partial charge in [-0.15, -0.1) is 0 Å². The molecule has 5 atom stereocenters. The summed E-state index contributed by atoms with van der Waals surface area (Å²) in [6, 6.07) is 54.1. The Morgan fingerprint density at radius 1 is 0.453 bits per heavy atom. The van der Waals surface area contributed by atoms with Gasteiger partial charge in [-0.25, -0.2) is 0 Å². The van der Waals surface area contributed by atoms with Crippen molar-refractivity contribution in [3.63, 3.8) is 0 Å². The number of rotatable bonds is 4. The molecule has 4 bridgehead atoms. The highest BCUT2D eigenvalue weighted by molar-refractivity contribution is 5.97. The molecule has 0 amide bonds. The molecule has 6 aromatic carbocycles. The zero-order chi connectivity index (χ0) is 34.7. The number of anilines is 3. The topological polar surface area (TPSA) is 3.24 Å². The minimum absolute atomic E-state index is 0.122. The van der Waals surface area contributed by atoms with E-state index in [9.17, 15) is 0 Å². The minimum atomic E-state index is 0.122. The molecular weight excluding hydrogens is 639 g/mol. The third-order valence-electron chi connectivity index (χ3n) is 15.3. The van der Waals surface area contributed by atoms with Crippen LogP contribution in [0.5, 0.6) is 0 Å².